The summed E-state index contributed by atoms with van der Waals surface area (Å²) in [4.78, 5) is 0. The van der Waals surface area contributed by atoms with Crippen LogP contribution in [0, 0.1) is 77.5 Å². The number of hydrogen-bond donors (Lipinski definition) is 0. The Labute approximate surface area is 144 Å². The van der Waals surface area contributed by atoms with E-state index in [-0.39, 0.29) is 0 Å². The van der Waals surface area contributed by atoms with Crippen LogP contribution in [0.1, 0.15) is 0 Å². The van der Waals surface area contributed by atoms with E-state index in [2.05, 4.69) is 40.5 Å². The van der Waals surface area contributed by atoms with Crippen LogP contribution in [0.5, 0.6) is 0 Å². The summed E-state index contributed by atoms with van der Waals surface area (Å²) < 4.78 is 15.0. The molecule has 2 nitrogen and oxygen atoms in total. The monoisotopic (exact) mass is 349 g/mol. The van der Waals surface area contributed by atoms with Crippen molar-refractivity contribution in [2.24, 2.45) is 0 Å². The predicted molar refractivity (Wildman–Crippen MR) is 83.9 cm³/mol. The topological polar surface area (TPSA) is 39.8 Å². The Morgan fingerprint density at radius 1 is 0.591 bits per heavy atom. The van der Waals surface area contributed by atoms with Gasteiger partial charge in [-0.2, -0.15) is 0 Å². The number of benzene rings is 1. The van der Waals surface area contributed by atoms with E-state index in [1.54, 1.807) is 0 Å². The van der Waals surface area contributed by atoms with Crippen molar-refractivity contribution in [2.45, 2.75) is 0 Å². The molecule has 0 unspecified atom stereocenters. The van der Waals surface area contributed by atoms with E-state index in [4.69, 9.17) is 9.30 Å². The zero-order valence-corrected chi connectivity index (χ0v) is 13.9. The van der Waals surface area contributed by atoms with Crippen LogP contribution < -0.4 is 5.30 Å². The second kappa shape index (κ2) is 22.8. The third-order valence-corrected chi connectivity index (χ3v) is 3.37. The van der Waals surface area contributed by atoms with E-state index in [0.29, 0.717) is 0 Å². The number of rotatable bonds is 1. The molecule has 111 valence electrons. The van der Waals surface area contributed by atoms with Gasteiger partial charge in [0.25, 0.3) is 0 Å². The first-order valence-electron chi connectivity index (χ1n) is 6.04. The normalized spacial score (nSPS) is 14.5. The summed E-state index contributed by atoms with van der Waals surface area (Å²) in [7, 11) is 0. The van der Waals surface area contributed by atoms with E-state index in [0.717, 1.165) is 6.83 Å². The van der Waals surface area contributed by atoms with Gasteiger partial charge >= 0.3 is 80.2 Å². The summed E-state index contributed by atoms with van der Waals surface area (Å²) in [5, 5.41) is 1.30. The van der Waals surface area contributed by atoms with Gasteiger partial charge in [0, 0.05) is 0 Å². The molecule has 0 amide bonds. The van der Waals surface area contributed by atoms with Crippen LogP contribution in [0.15, 0.2) is 30.3 Å². The van der Waals surface area contributed by atoms with Gasteiger partial charge in [0.1, 0.15) is 0 Å². The van der Waals surface area contributed by atoms with E-state index < -0.39 is 0 Å². The van der Waals surface area contributed by atoms with Crippen LogP contribution in [0.25, 0.3) is 0 Å². The molecular weight excluding hydrogens is 334 g/mol. The van der Waals surface area contributed by atoms with Gasteiger partial charge in [0.2, 0.25) is 0 Å². The average molecular weight is 349 g/mol. The third kappa shape index (κ3) is 17.6. The fourth-order valence-electron chi connectivity index (χ4n) is 1.13. The maximum atomic E-state index is 7.50. The van der Waals surface area contributed by atoms with Crippen molar-refractivity contribution in [1.82, 2.24) is 0 Å². The van der Waals surface area contributed by atoms with Crippen LogP contribution in [-0.4, -0.2) is 0 Å². The van der Waals surface area contributed by atoms with E-state index in [9.17, 15) is 0 Å². The summed E-state index contributed by atoms with van der Waals surface area (Å²) in [6.45, 7) is 10.2. The van der Waals surface area contributed by atoms with Gasteiger partial charge in [-0.25, -0.2) is 0 Å². The molecule has 2 fully saturated rings. The molecule has 1 aromatic rings. The minimum atomic E-state index is 1.16. The molecule has 0 aliphatic heterocycles. The van der Waals surface area contributed by atoms with Crippen LogP contribution >= 0.6 is 6.83 Å². The van der Waals surface area contributed by atoms with Crippen LogP contribution in [-0.2, 0) is 24.4 Å². The Morgan fingerprint density at radius 2 is 0.864 bits per heavy atom. The van der Waals surface area contributed by atoms with Crippen LogP contribution in [0.2, 0.25) is 0 Å². The summed E-state index contributed by atoms with van der Waals surface area (Å²) in [5.74, 6) is 0. The van der Waals surface area contributed by atoms with Gasteiger partial charge in [-0.3, -0.25) is 0 Å². The Morgan fingerprint density at radius 3 is 1.05 bits per heavy atom. The van der Waals surface area contributed by atoms with Crippen molar-refractivity contribution >= 4 is 12.1 Å². The molecule has 0 N–H and O–H groups in total. The molecule has 2 aliphatic carbocycles. The molecule has 1 aromatic carbocycles. The zero-order valence-electron chi connectivity index (χ0n) is 11.8. The molecular formula is C18H15MnO2P. The molecule has 0 heterocycles. The van der Waals surface area contributed by atoms with Crippen molar-refractivity contribution in [3.63, 3.8) is 0 Å². The second-order valence-electron chi connectivity index (χ2n) is 3.34. The average Bonchev–Trinajstić information content (AvgIpc) is 3.37. The van der Waals surface area contributed by atoms with E-state index in [1.807, 2.05) is 82.4 Å². The first kappa shape index (κ1) is 23.8. The van der Waals surface area contributed by atoms with Gasteiger partial charge in [0.05, 0.1) is 0 Å². The summed E-state index contributed by atoms with van der Waals surface area (Å²) >= 11 is 3.33. The van der Waals surface area contributed by atoms with Gasteiger partial charge in [-0.05, 0) is 64.2 Å². The first-order chi connectivity index (χ1) is 10.9. The molecule has 10 radical (unpaired) electrons. The predicted octanol–water partition coefficient (Wildman–Crippen LogP) is 3.69. The van der Waals surface area contributed by atoms with E-state index in [1.165, 1.54) is 5.30 Å². The van der Waals surface area contributed by atoms with Crippen LogP contribution in [0.4, 0.5) is 0 Å². The Balaban J connectivity index is 0. The maximum absolute atomic E-state index is 7.50. The van der Waals surface area contributed by atoms with Gasteiger partial charge < -0.3 is 0 Å². The Hall–Kier alpha value is -0.481. The second-order valence-corrected chi connectivity index (χ2v) is 4.82. The van der Waals surface area contributed by atoms with Gasteiger partial charge in [0.15, 0.2) is 0 Å². The summed E-state index contributed by atoms with van der Waals surface area (Å²) in [5.41, 5.74) is 0. The summed E-state index contributed by atoms with van der Waals surface area (Å²) in [6.07, 6.45) is 20.0. The van der Waals surface area contributed by atoms with E-state index >= 15 is 0 Å². The third-order valence-electron chi connectivity index (χ3n) is 1.96. The molecule has 0 spiro atoms. The van der Waals surface area contributed by atoms with Crippen molar-refractivity contribution in [2.75, 3.05) is 0 Å². The van der Waals surface area contributed by atoms with Crippen molar-refractivity contribution in [3.05, 3.63) is 108 Å². The van der Waals surface area contributed by atoms with Gasteiger partial charge in [-0.15, -0.1) is 0 Å². The van der Waals surface area contributed by atoms with Crippen molar-refractivity contribution in [3.8, 4) is 0 Å². The molecule has 0 bridgehead atoms. The molecule has 0 saturated heterocycles. The Kier molecular flexibility index (Phi) is 24.6. The fourth-order valence-corrected chi connectivity index (χ4v) is 1.94. The van der Waals surface area contributed by atoms with Gasteiger partial charge in [-0.1, -0.05) is 0 Å². The van der Waals surface area contributed by atoms with Crippen molar-refractivity contribution < 1.29 is 24.4 Å². The summed E-state index contributed by atoms with van der Waals surface area (Å²) in [6, 6.07) is 10.2. The fraction of sp³-hybridized carbons (Fsp3) is 0. The minimum absolute atomic E-state index is 1.16. The molecule has 4 heteroatoms. The quantitative estimate of drug-likeness (QED) is 0.321. The molecule has 2 aliphatic rings. The van der Waals surface area contributed by atoms with Crippen LogP contribution in [0.3, 0.4) is 0 Å². The number of hydrogen-bond acceptors (Lipinski definition) is 0. The molecule has 22 heavy (non-hydrogen) atoms. The SMILES string of the molecule is [C-]#[O+].[C-]#[O+].[CH]1[CH][CH][CH][CH]1.[CH]1[CH][CH][CH][CH]1.[Mn]=[P]c1ccccc1. The molecule has 2 saturated carbocycles. The molecule has 3 rings (SSSR count). The standard InChI is InChI=1S/C6H5P.2C5H5.2CO.Mn/c7-6-4-2-1-3-5-6;2*1-2-4-5-3-1;2*1-2;/h1-5H;2*1-5H;;;. The Bertz CT molecular complexity index is 337. The molecule has 0 atom stereocenters. The van der Waals surface area contributed by atoms with Crippen molar-refractivity contribution in [1.29, 1.82) is 0 Å². The first-order valence-corrected chi connectivity index (χ1v) is 8.41. The molecule has 0 aromatic heterocycles. The zero-order chi connectivity index (χ0) is 16.9.